The van der Waals surface area contributed by atoms with Crippen LogP contribution in [0.2, 0.25) is 0 Å². The van der Waals surface area contributed by atoms with E-state index in [2.05, 4.69) is 15.5 Å². The highest BCUT2D eigenvalue weighted by Crippen LogP contribution is 2.34. The van der Waals surface area contributed by atoms with E-state index in [9.17, 15) is 4.79 Å². The van der Waals surface area contributed by atoms with Crippen molar-refractivity contribution >= 4 is 6.03 Å². The van der Waals surface area contributed by atoms with Crippen LogP contribution in [-0.2, 0) is 6.42 Å². The normalized spacial score (nSPS) is 24.1. The number of ether oxygens (including phenoxy) is 2. The molecule has 1 saturated carbocycles. The Kier molecular flexibility index (Phi) is 4.70. The minimum atomic E-state index is -0.0789. The number of rotatable bonds is 4. The molecule has 2 fully saturated rings. The summed E-state index contributed by atoms with van der Waals surface area (Å²) in [6.45, 7) is 2.69. The number of fused-ring (bicyclic) bond motifs is 1. The zero-order chi connectivity index (χ0) is 17.2. The molecular formula is C19H27N3O3. The van der Waals surface area contributed by atoms with E-state index in [0.29, 0.717) is 6.61 Å². The molecule has 2 aliphatic heterocycles. The van der Waals surface area contributed by atoms with Crippen LogP contribution in [0.15, 0.2) is 18.2 Å². The molecule has 1 unspecified atom stereocenters. The van der Waals surface area contributed by atoms with Crippen molar-refractivity contribution in [2.75, 3.05) is 26.8 Å². The van der Waals surface area contributed by atoms with Crippen molar-refractivity contribution in [1.29, 1.82) is 0 Å². The first-order valence-corrected chi connectivity index (χ1v) is 9.32. The third-order valence-electron chi connectivity index (χ3n) is 5.44. The van der Waals surface area contributed by atoms with Crippen LogP contribution in [-0.4, -0.2) is 55.9 Å². The Hall–Kier alpha value is -1.95. The molecule has 2 heterocycles. The number of amides is 2. The quantitative estimate of drug-likeness (QED) is 0.875. The standard InChI is InChI=1S/C19H27N3O3/c1-24-17-4-2-3-13-11-15(12-25-18(13)17)21-19(23)20-14-7-9-22(10-8-14)16-5-6-16/h2-4,14-16H,5-12H2,1H3,(H2,20,21,23). The molecule has 1 saturated heterocycles. The maximum atomic E-state index is 12.3. The van der Waals surface area contributed by atoms with E-state index in [1.54, 1.807) is 7.11 Å². The largest absolute Gasteiger partial charge is 0.493 e. The van der Waals surface area contributed by atoms with Crippen LogP contribution in [0.3, 0.4) is 0 Å². The number of hydrogen-bond acceptors (Lipinski definition) is 4. The molecule has 0 spiro atoms. The Balaban J connectivity index is 1.26. The Bertz CT molecular complexity index is 624. The minimum Gasteiger partial charge on any atom is -0.493 e. The molecule has 2 amide bonds. The molecule has 0 radical (unpaired) electrons. The van der Waals surface area contributed by atoms with Gasteiger partial charge in [0.05, 0.1) is 13.2 Å². The number of carbonyl (C=O) groups is 1. The highest BCUT2D eigenvalue weighted by atomic mass is 16.5. The van der Waals surface area contributed by atoms with Gasteiger partial charge in [0.1, 0.15) is 6.61 Å². The van der Waals surface area contributed by atoms with E-state index >= 15 is 0 Å². The molecule has 136 valence electrons. The summed E-state index contributed by atoms with van der Waals surface area (Å²) in [5, 5.41) is 6.20. The van der Waals surface area contributed by atoms with Crippen molar-refractivity contribution in [3.8, 4) is 11.5 Å². The fourth-order valence-electron chi connectivity index (χ4n) is 3.91. The summed E-state index contributed by atoms with van der Waals surface area (Å²) in [6.07, 6.45) is 5.56. The van der Waals surface area contributed by atoms with Crippen LogP contribution in [0, 0.1) is 0 Å². The van der Waals surface area contributed by atoms with Crippen LogP contribution in [0.5, 0.6) is 11.5 Å². The van der Waals surface area contributed by atoms with Crippen molar-refractivity contribution in [3.63, 3.8) is 0 Å². The Labute approximate surface area is 148 Å². The van der Waals surface area contributed by atoms with Crippen LogP contribution < -0.4 is 20.1 Å². The predicted molar refractivity (Wildman–Crippen MR) is 95.3 cm³/mol. The van der Waals surface area contributed by atoms with Gasteiger partial charge in [0.15, 0.2) is 11.5 Å². The lowest BCUT2D eigenvalue weighted by molar-refractivity contribution is 0.180. The van der Waals surface area contributed by atoms with E-state index in [0.717, 1.165) is 55.5 Å². The average Bonchev–Trinajstić information content (AvgIpc) is 3.46. The first-order valence-electron chi connectivity index (χ1n) is 9.32. The monoisotopic (exact) mass is 345 g/mol. The summed E-state index contributed by atoms with van der Waals surface area (Å²) in [5.41, 5.74) is 1.08. The molecule has 1 atom stereocenters. The fraction of sp³-hybridized carbons (Fsp3) is 0.632. The molecule has 0 aromatic heterocycles. The smallest absolute Gasteiger partial charge is 0.315 e. The number of carbonyl (C=O) groups excluding carboxylic acids is 1. The van der Waals surface area contributed by atoms with Crippen LogP contribution in [0.25, 0.3) is 0 Å². The van der Waals surface area contributed by atoms with E-state index in [1.807, 2.05) is 18.2 Å². The summed E-state index contributed by atoms with van der Waals surface area (Å²) in [4.78, 5) is 14.9. The van der Waals surface area contributed by atoms with Gasteiger partial charge in [0.25, 0.3) is 0 Å². The summed E-state index contributed by atoms with van der Waals surface area (Å²) in [5.74, 6) is 1.55. The van der Waals surface area contributed by atoms with Crippen molar-refractivity contribution in [3.05, 3.63) is 23.8 Å². The second-order valence-electron chi connectivity index (χ2n) is 7.32. The lowest BCUT2D eigenvalue weighted by Crippen LogP contribution is -2.52. The average molecular weight is 345 g/mol. The van der Waals surface area contributed by atoms with Crippen molar-refractivity contribution < 1.29 is 14.3 Å². The number of hydrogen-bond donors (Lipinski definition) is 2. The molecule has 2 N–H and O–H groups in total. The Morgan fingerprint density at radius 2 is 1.92 bits per heavy atom. The number of urea groups is 1. The highest BCUT2D eigenvalue weighted by Gasteiger charge is 2.32. The molecule has 25 heavy (non-hydrogen) atoms. The zero-order valence-corrected chi connectivity index (χ0v) is 14.8. The number of para-hydroxylation sites is 1. The molecule has 3 aliphatic rings. The predicted octanol–water partition coefficient (Wildman–Crippen LogP) is 1.92. The molecule has 1 aliphatic carbocycles. The first-order chi connectivity index (χ1) is 12.2. The van der Waals surface area contributed by atoms with Gasteiger partial charge in [-0.15, -0.1) is 0 Å². The van der Waals surface area contributed by atoms with Crippen molar-refractivity contribution in [1.82, 2.24) is 15.5 Å². The van der Waals surface area contributed by atoms with Crippen LogP contribution in [0.1, 0.15) is 31.2 Å². The molecule has 1 aromatic rings. The lowest BCUT2D eigenvalue weighted by atomic mass is 10.0. The van der Waals surface area contributed by atoms with Crippen LogP contribution >= 0.6 is 0 Å². The maximum Gasteiger partial charge on any atom is 0.315 e. The van der Waals surface area contributed by atoms with E-state index in [1.165, 1.54) is 12.8 Å². The Morgan fingerprint density at radius 1 is 1.16 bits per heavy atom. The minimum absolute atomic E-state index is 0.00819. The number of likely N-dealkylation sites (tertiary alicyclic amines) is 1. The number of nitrogens with one attached hydrogen (secondary N) is 2. The lowest BCUT2D eigenvalue weighted by Gasteiger charge is -2.33. The molecule has 0 bridgehead atoms. The van der Waals surface area contributed by atoms with E-state index in [4.69, 9.17) is 9.47 Å². The van der Waals surface area contributed by atoms with Gasteiger partial charge >= 0.3 is 6.03 Å². The van der Waals surface area contributed by atoms with Gasteiger partial charge in [-0.2, -0.15) is 0 Å². The first kappa shape index (κ1) is 16.5. The Morgan fingerprint density at radius 3 is 2.64 bits per heavy atom. The number of piperidine rings is 1. The molecule has 1 aromatic carbocycles. The second kappa shape index (κ2) is 7.12. The zero-order valence-electron chi connectivity index (χ0n) is 14.8. The van der Waals surface area contributed by atoms with Crippen LogP contribution in [0.4, 0.5) is 4.79 Å². The topological polar surface area (TPSA) is 62.8 Å². The van der Waals surface area contributed by atoms with Gasteiger partial charge in [-0.1, -0.05) is 12.1 Å². The summed E-state index contributed by atoms with van der Waals surface area (Å²) >= 11 is 0. The van der Waals surface area contributed by atoms with Gasteiger partial charge in [0, 0.05) is 30.7 Å². The SMILES string of the molecule is COc1cccc2c1OCC(NC(=O)NC1CCN(C3CC3)CC1)C2. The van der Waals surface area contributed by atoms with Gasteiger partial charge in [-0.3, -0.25) is 0 Å². The van der Waals surface area contributed by atoms with Crippen molar-refractivity contribution in [2.24, 2.45) is 0 Å². The third-order valence-corrected chi connectivity index (χ3v) is 5.44. The van der Waals surface area contributed by atoms with Gasteiger partial charge in [0.2, 0.25) is 0 Å². The summed E-state index contributed by atoms with van der Waals surface area (Å²) in [6, 6.07) is 6.90. The van der Waals surface area contributed by atoms with Gasteiger partial charge < -0.3 is 25.0 Å². The highest BCUT2D eigenvalue weighted by molar-refractivity contribution is 5.74. The second-order valence-corrected chi connectivity index (χ2v) is 7.32. The molecule has 6 nitrogen and oxygen atoms in total. The third kappa shape index (κ3) is 3.84. The number of methoxy groups -OCH3 is 1. The molecular weight excluding hydrogens is 318 g/mol. The summed E-state index contributed by atoms with van der Waals surface area (Å²) in [7, 11) is 1.64. The van der Waals surface area contributed by atoms with Gasteiger partial charge in [-0.25, -0.2) is 4.79 Å². The summed E-state index contributed by atoms with van der Waals surface area (Å²) < 4.78 is 11.2. The van der Waals surface area contributed by atoms with E-state index in [-0.39, 0.29) is 18.1 Å². The number of nitrogens with zero attached hydrogens (tertiary/aromatic N) is 1. The number of benzene rings is 1. The molecule has 6 heteroatoms. The molecule has 4 rings (SSSR count). The van der Waals surface area contributed by atoms with E-state index < -0.39 is 0 Å². The van der Waals surface area contributed by atoms with Crippen molar-refractivity contribution in [2.45, 2.75) is 50.2 Å². The maximum absolute atomic E-state index is 12.3. The van der Waals surface area contributed by atoms with Gasteiger partial charge in [-0.05, 0) is 38.2 Å². The fourth-order valence-corrected chi connectivity index (χ4v) is 3.91.